The van der Waals surface area contributed by atoms with Gasteiger partial charge in [-0.2, -0.15) is 4.31 Å². The van der Waals surface area contributed by atoms with Gasteiger partial charge in [-0.25, -0.2) is 8.42 Å². The van der Waals surface area contributed by atoms with Gasteiger partial charge >= 0.3 is 0 Å². The van der Waals surface area contributed by atoms with Gasteiger partial charge in [0.15, 0.2) is 5.75 Å². The minimum Gasteiger partial charge on any atom is -0.455 e. The van der Waals surface area contributed by atoms with Gasteiger partial charge in [0, 0.05) is 16.0 Å². The van der Waals surface area contributed by atoms with Gasteiger partial charge in [-0.3, -0.25) is 4.79 Å². The lowest BCUT2D eigenvalue weighted by Crippen LogP contribution is -2.36. The lowest BCUT2D eigenvalue weighted by Gasteiger charge is -2.20. The Hall–Kier alpha value is -2.39. The van der Waals surface area contributed by atoms with Crippen LogP contribution in [0, 0.1) is 0 Å². The van der Waals surface area contributed by atoms with Crippen LogP contribution in [-0.2, 0) is 21.4 Å². The predicted molar refractivity (Wildman–Crippen MR) is 126 cm³/mol. The number of rotatable bonds is 8. The van der Waals surface area contributed by atoms with Gasteiger partial charge < -0.3 is 10.1 Å². The Morgan fingerprint density at radius 2 is 1.74 bits per heavy atom. The molecule has 3 aromatic rings. The number of hydrogen-bond donors (Lipinski definition) is 1. The van der Waals surface area contributed by atoms with Gasteiger partial charge in [0.25, 0.3) is 0 Å². The summed E-state index contributed by atoms with van der Waals surface area (Å²) in [6, 6.07) is 21.1. The lowest BCUT2D eigenvalue weighted by atomic mass is 10.2. The number of benzene rings is 3. The largest absolute Gasteiger partial charge is 0.455 e. The van der Waals surface area contributed by atoms with E-state index in [1.165, 1.54) is 0 Å². The summed E-state index contributed by atoms with van der Waals surface area (Å²) in [7, 11) is -3.62. The van der Waals surface area contributed by atoms with E-state index in [2.05, 4.69) is 21.2 Å². The Kier molecular flexibility index (Phi) is 7.72. The van der Waals surface area contributed by atoms with Crippen molar-refractivity contribution < 1.29 is 17.9 Å². The molecule has 31 heavy (non-hydrogen) atoms. The zero-order chi connectivity index (χ0) is 22.4. The van der Waals surface area contributed by atoms with Crippen LogP contribution < -0.4 is 10.1 Å². The van der Waals surface area contributed by atoms with Gasteiger partial charge in [0.1, 0.15) is 5.75 Å². The topological polar surface area (TPSA) is 75.7 Å². The minimum atomic E-state index is -3.62. The van der Waals surface area contributed by atoms with Crippen molar-refractivity contribution >= 4 is 49.1 Å². The smallest absolute Gasteiger partial charge is 0.239 e. The van der Waals surface area contributed by atoms with Gasteiger partial charge in [0.05, 0.1) is 18.5 Å². The molecule has 0 heterocycles. The second-order valence-corrected chi connectivity index (χ2v) is 10.1. The third-order valence-corrected chi connectivity index (χ3v) is 6.21. The van der Waals surface area contributed by atoms with E-state index in [1.807, 2.05) is 30.3 Å². The van der Waals surface area contributed by atoms with Gasteiger partial charge in [-0.15, -0.1) is 0 Å². The minimum absolute atomic E-state index is 0.0719. The standard InChI is InChI=1S/C22H20BrClN2O4S/c1-31(28,29)26(14-16-7-9-17(23)10-8-16)15-22(27)25-20-13-18(24)11-12-21(20)30-19-5-3-2-4-6-19/h2-13H,14-15H2,1H3,(H,25,27). The number of amides is 1. The van der Waals surface area contributed by atoms with E-state index in [1.54, 1.807) is 42.5 Å². The van der Waals surface area contributed by atoms with Gasteiger partial charge in [-0.05, 0) is 48.0 Å². The maximum Gasteiger partial charge on any atom is 0.239 e. The molecule has 0 radical (unpaired) electrons. The first-order chi connectivity index (χ1) is 14.7. The average molecular weight is 524 g/mol. The van der Waals surface area contributed by atoms with E-state index < -0.39 is 15.9 Å². The number of hydrogen-bond acceptors (Lipinski definition) is 4. The number of sulfonamides is 1. The average Bonchev–Trinajstić information content (AvgIpc) is 2.71. The Morgan fingerprint density at radius 1 is 1.06 bits per heavy atom. The lowest BCUT2D eigenvalue weighted by molar-refractivity contribution is -0.116. The van der Waals surface area contributed by atoms with Crippen LogP contribution in [-0.4, -0.2) is 31.4 Å². The summed E-state index contributed by atoms with van der Waals surface area (Å²) in [6.45, 7) is -0.283. The van der Waals surface area contributed by atoms with Crippen molar-refractivity contribution in [2.75, 3.05) is 18.1 Å². The monoisotopic (exact) mass is 522 g/mol. The number of anilines is 1. The molecule has 0 aliphatic carbocycles. The maximum atomic E-state index is 12.7. The Morgan fingerprint density at radius 3 is 2.39 bits per heavy atom. The molecule has 0 aromatic heterocycles. The number of para-hydroxylation sites is 1. The summed E-state index contributed by atoms with van der Waals surface area (Å²) < 4.78 is 32.3. The van der Waals surface area contributed by atoms with Crippen molar-refractivity contribution in [1.29, 1.82) is 0 Å². The highest BCUT2D eigenvalue weighted by molar-refractivity contribution is 9.10. The Labute approximate surface area is 195 Å². The van der Waals surface area contributed by atoms with Crippen molar-refractivity contribution in [2.24, 2.45) is 0 Å². The number of nitrogens with zero attached hydrogens (tertiary/aromatic N) is 1. The van der Waals surface area contributed by atoms with E-state index >= 15 is 0 Å². The van der Waals surface area contributed by atoms with Crippen LogP contribution >= 0.6 is 27.5 Å². The fraction of sp³-hybridized carbons (Fsp3) is 0.136. The normalized spacial score (nSPS) is 11.4. The molecule has 6 nitrogen and oxygen atoms in total. The quantitative estimate of drug-likeness (QED) is 0.435. The van der Waals surface area contributed by atoms with E-state index in [0.717, 1.165) is 20.6 Å². The number of nitrogens with one attached hydrogen (secondary N) is 1. The molecule has 0 bridgehead atoms. The highest BCUT2D eigenvalue weighted by atomic mass is 79.9. The Balaban J connectivity index is 1.76. The first-order valence-corrected chi connectivity index (χ1v) is 12.2. The van der Waals surface area contributed by atoms with E-state index in [4.69, 9.17) is 16.3 Å². The number of carbonyl (C=O) groups is 1. The van der Waals surface area contributed by atoms with Crippen LogP contribution in [0.15, 0.2) is 77.3 Å². The molecule has 0 spiro atoms. The van der Waals surface area contributed by atoms with E-state index in [-0.39, 0.29) is 13.1 Å². The second-order valence-electron chi connectivity index (χ2n) is 6.76. The van der Waals surface area contributed by atoms with Crippen LogP contribution in [0.4, 0.5) is 5.69 Å². The zero-order valence-corrected chi connectivity index (χ0v) is 19.7. The summed E-state index contributed by atoms with van der Waals surface area (Å²) in [6.07, 6.45) is 1.07. The summed E-state index contributed by atoms with van der Waals surface area (Å²) >= 11 is 9.43. The second kappa shape index (κ2) is 10.3. The molecule has 0 unspecified atom stereocenters. The van der Waals surface area contributed by atoms with Crippen LogP contribution in [0.25, 0.3) is 0 Å². The molecule has 3 rings (SSSR count). The maximum absolute atomic E-state index is 12.7. The predicted octanol–water partition coefficient (Wildman–Crippen LogP) is 5.30. The first-order valence-electron chi connectivity index (χ1n) is 9.22. The number of ether oxygens (including phenoxy) is 1. The highest BCUT2D eigenvalue weighted by Gasteiger charge is 2.21. The summed E-state index contributed by atoms with van der Waals surface area (Å²) in [5.41, 5.74) is 1.11. The molecule has 0 aliphatic heterocycles. The molecule has 9 heteroatoms. The fourth-order valence-corrected chi connectivity index (χ4v) is 3.91. The molecule has 0 atom stereocenters. The molecule has 162 valence electrons. The summed E-state index contributed by atoms with van der Waals surface area (Å²) in [4.78, 5) is 12.7. The molecule has 0 aliphatic rings. The van der Waals surface area contributed by atoms with Crippen LogP contribution in [0.3, 0.4) is 0 Å². The third kappa shape index (κ3) is 7.07. The molecular formula is C22H20BrClN2O4S. The van der Waals surface area contributed by atoms with E-state index in [9.17, 15) is 13.2 Å². The summed E-state index contributed by atoms with van der Waals surface area (Å²) in [5, 5.41) is 3.11. The molecule has 3 aromatic carbocycles. The van der Waals surface area contributed by atoms with Crippen LogP contribution in [0.2, 0.25) is 5.02 Å². The molecular weight excluding hydrogens is 504 g/mol. The van der Waals surface area contributed by atoms with Crippen molar-refractivity contribution in [3.63, 3.8) is 0 Å². The van der Waals surface area contributed by atoms with Crippen LogP contribution in [0.5, 0.6) is 11.5 Å². The third-order valence-electron chi connectivity index (χ3n) is 4.25. The SMILES string of the molecule is CS(=O)(=O)N(CC(=O)Nc1cc(Cl)ccc1Oc1ccccc1)Cc1ccc(Br)cc1. The Bertz CT molecular complexity index is 1160. The fourth-order valence-electron chi connectivity index (χ4n) is 2.74. The molecule has 1 amide bonds. The van der Waals surface area contributed by atoms with Crippen molar-refractivity contribution in [1.82, 2.24) is 4.31 Å². The summed E-state index contributed by atoms with van der Waals surface area (Å²) in [5.74, 6) is 0.471. The molecule has 0 saturated heterocycles. The van der Waals surface area contributed by atoms with Crippen molar-refractivity contribution in [2.45, 2.75) is 6.54 Å². The van der Waals surface area contributed by atoms with Crippen LogP contribution in [0.1, 0.15) is 5.56 Å². The van der Waals surface area contributed by atoms with Gasteiger partial charge in [-0.1, -0.05) is 57.9 Å². The molecule has 0 saturated carbocycles. The van der Waals surface area contributed by atoms with Crippen molar-refractivity contribution in [3.05, 3.63) is 87.9 Å². The number of halogens is 2. The number of carbonyl (C=O) groups excluding carboxylic acids is 1. The molecule has 0 fully saturated rings. The van der Waals surface area contributed by atoms with E-state index in [0.29, 0.717) is 22.2 Å². The molecule has 1 N–H and O–H groups in total. The first kappa shape index (κ1) is 23.3. The van der Waals surface area contributed by atoms with Crippen molar-refractivity contribution in [3.8, 4) is 11.5 Å². The zero-order valence-electron chi connectivity index (χ0n) is 16.6. The van der Waals surface area contributed by atoms with Gasteiger partial charge in [0.2, 0.25) is 15.9 Å². The highest BCUT2D eigenvalue weighted by Crippen LogP contribution is 2.32.